The van der Waals surface area contributed by atoms with Gasteiger partial charge in [0.2, 0.25) is 11.9 Å². The maximum Gasteiger partial charge on any atom is 1.00 e. The quantitative estimate of drug-likeness (QED) is 0.0977. The monoisotopic (exact) mass is 1320 g/mol. The maximum absolute atomic E-state index is 15.2. The molecule has 374 valence electrons. The third kappa shape index (κ3) is 12.8. The number of carbonyl (C=O) groups excluding carboxylic acids is 3. The largest absolute Gasteiger partial charge is 1.00 e. The first-order valence-electron chi connectivity index (χ1n) is 23.2. The summed E-state index contributed by atoms with van der Waals surface area (Å²) in [5.41, 5.74) is 6.62. The number of aromatic nitrogens is 8. The molecule has 0 bridgehead atoms. The Morgan fingerprint density at radius 2 is 1.21 bits per heavy atom. The van der Waals surface area contributed by atoms with Gasteiger partial charge in [0.1, 0.15) is 17.2 Å². The normalized spacial score (nSPS) is 17.7. The van der Waals surface area contributed by atoms with Crippen molar-refractivity contribution in [3.63, 3.8) is 0 Å². The average molecular weight is 1320 g/mol. The Labute approximate surface area is 559 Å². The van der Waals surface area contributed by atoms with Gasteiger partial charge in [-0.3, -0.25) is 29.1 Å². The topological polar surface area (TPSA) is 192 Å². The molecule has 22 heteroatoms. The smallest absolute Gasteiger partial charge is 1.00 e. The van der Waals surface area contributed by atoms with Crippen molar-refractivity contribution < 1.29 is 173 Å². The van der Waals surface area contributed by atoms with Gasteiger partial charge >= 0.3 is 138 Å². The van der Waals surface area contributed by atoms with Crippen LogP contribution in [-0.2, 0) is 57.4 Å². The van der Waals surface area contributed by atoms with E-state index in [1.54, 1.807) is 80.6 Å². The van der Waals surface area contributed by atoms with E-state index in [-0.39, 0.29) is 182 Å². The molecular weight excluding hydrogens is 1270 g/mol. The van der Waals surface area contributed by atoms with Crippen molar-refractivity contribution in [2.24, 2.45) is 14.1 Å². The number of para-hydroxylation sites is 2. The average Bonchev–Trinajstić information content (AvgIpc) is 4.30. The molecule has 75 heavy (non-hydrogen) atoms. The number of nitrogens with one attached hydrogen (secondary N) is 1. The summed E-state index contributed by atoms with van der Waals surface area (Å²) in [6.45, 7) is 2.23. The van der Waals surface area contributed by atoms with E-state index in [0.29, 0.717) is 41.3 Å². The first kappa shape index (κ1) is 58.7. The van der Waals surface area contributed by atoms with E-state index in [1.165, 1.54) is 12.1 Å². The van der Waals surface area contributed by atoms with E-state index >= 15 is 4.39 Å². The van der Waals surface area contributed by atoms with Crippen molar-refractivity contribution >= 4 is 51.5 Å². The fourth-order valence-corrected chi connectivity index (χ4v) is 10.1. The molecule has 0 saturated carbocycles. The molecule has 4 aromatic carbocycles. The molecule has 2 unspecified atom stereocenters. The molecule has 2 atom stereocenters. The molecule has 0 radical (unpaired) electrons. The van der Waals surface area contributed by atoms with Gasteiger partial charge in [0.05, 0.1) is 30.9 Å². The first-order valence-corrected chi connectivity index (χ1v) is 24.0. The summed E-state index contributed by atoms with van der Waals surface area (Å²) in [4.78, 5) is 60.3. The zero-order valence-electron chi connectivity index (χ0n) is 42.7. The van der Waals surface area contributed by atoms with Crippen molar-refractivity contribution in [1.82, 2.24) is 44.8 Å². The second kappa shape index (κ2) is 26.6. The molecule has 0 aliphatic carbocycles. The van der Waals surface area contributed by atoms with E-state index in [9.17, 15) is 14.0 Å². The predicted molar refractivity (Wildman–Crippen MR) is 270 cm³/mol. The van der Waals surface area contributed by atoms with Gasteiger partial charge in [-0.2, -0.15) is 10.2 Å². The second-order valence-corrected chi connectivity index (χ2v) is 18.4. The van der Waals surface area contributed by atoms with Crippen LogP contribution in [0.3, 0.4) is 0 Å². The van der Waals surface area contributed by atoms with Gasteiger partial charge in [-0.1, -0.05) is 60.7 Å². The van der Waals surface area contributed by atoms with Gasteiger partial charge in [-0.25, -0.2) is 28.7 Å². The van der Waals surface area contributed by atoms with Gasteiger partial charge in [0.15, 0.2) is 4.73 Å². The molecule has 4 aliphatic rings. The van der Waals surface area contributed by atoms with Crippen LogP contribution in [0, 0.1) is 11.6 Å². The van der Waals surface area contributed by atoms with Crippen LogP contribution < -0.4 is 163 Å². The molecule has 8 aromatic rings. The standard InChI is InChI=1S/C26H23FN6O.C22H21FN4O.C4H3BrN2.CH2O3.2Cs.H/c1-31-15-20(14-30-31)18-7-8-19(22(27)13-18)16-33-23-6-3-2-5-21(23)26(24(33)34)9-12-32(17-26)25-28-10-4-11-29-25;1-26-13-17(12-25-26)15-7-8-16(19(23)11-15)14-27-20-6-3-2-5-18(20)22(21(27)28)9-4-10-24-22;5-4-6-2-1-3-7-4;2-1-4-3;;;/h2-8,10-11,13-15H,9,12,16-17H2,1H3;2-3,5-8,11-13,24H,4,9-10,14H2,1H3;1-3H;1,3H;;;/q;;;;2*+1;-1/p-1. The molecule has 4 aliphatic heterocycles. The Morgan fingerprint density at radius 3 is 1.68 bits per heavy atom. The molecule has 17 nitrogen and oxygen atoms in total. The number of rotatable bonds is 8. The van der Waals surface area contributed by atoms with Gasteiger partial charge < -0.3 is 26.3 Å². The Morgan fingerprint density at radius 1 is 0.707 bits per heavy atom. The van der Waals surface area contributed by atoms with Gasteiger partial charge in [-0.05, 0) is 94.8 Å². The van der Waals surface area contributed by atoms with Gasteiger partial charge in [0, 0.05) is 104 Å². The van der Waals surface area contributed by atoms with Crippen LogP contribution in [0.25, 0.3) is 22.3 Å². The van der Waals surface area contributed by atoms with Crippen molar-refractivity contribution in [2.45, 2.75) is 43.3 Å². The number of fused-ring (bicyclic) bond motifs is 4. The Kier molecular flexibility index (Phi) is 20.8. The third-order valence-electron chi connectivity index (χ3n) is 13.3. The Balaban J connectivity index is 0.000000201. The summed E-state index contributed by atoms with van der Waals surface area (Å²) in [6.07, 6.45) is 16.3. The zero-order valence-corrected chi connectivity index (χ0v) is 55.8. The van der Waals surface area contributed by atoms with Gasteiger partial charge in [0.25, 0.3) is 12.4 Å². The van der Waals surface area contributed by atoms with E-state index in [1.807, 2.05) is 87.2 Å². The van der Waals surface area contributed by atoms with Crippen LogP contribution in [0.1, 0.15) is 42.9 Å². The molecule has 8 heterocycles. The van der Waals surface area contributed by atoms with E-state index < -0.39 is 11.0 Å². The summed E-state index contributed by atoms with van der Waals surface area (Å²) in [7, 11) is 3.66. The first-order chi connectivity index (χ1) is 35.4. The number of halogens is 3. The number of hydrogen-bond acceptors (Lipinski definition) is 13. The molecule has 4 aromatic heterocycles. The Hall–Kier alpha value is -3.97. The van der Waals surface area contributed by atoms with Crippen molar-refractivity contribution in [3.05, 3.63) is 185 Å². The van der Waals surface area contributed by atoms with Crippen molar-refractivity contribution in [1.29, 1.82) is 0 Å². The number of amides is 2. The summed E-state index contributed by atoms with van der Waals surface area (Å²) < 4.78 is 34.1. The number of aryl methyl sites for hydroxylation is 2. The summed E-state index contributed by atoms with van der Waals surface area (Å²) in [5, 5.41) is 20.1. The van der Waals surface area contributed by atoms with Crippen molar-refractivity contribution in [2.75, 3.05) is 34.3 Å². The Bertz CT molecular complexity index is 3270. The van der Waals surface area contributed by atoms with Crippen LogP contribution in [0.15, 0.2) is 151 Å². The van der Waals surface area contributed by atoms with E-state index in [2.05, 4.69) is 61.2 Å². The minimum atomic E-state index is -0.679. The molecule has 2 amide bonds. The SMILES string of the molecule is Brc1ncccn1.Cn1cc(-c2ccc(CN3C(=O)C4(CCCN4)c4ccccc43)c(F)c2)cn1.Cn1cc(-c2ccc(CN3C(=O)C4(CCN(c5ncccn5)C4)c4ccccc43)c(F)c2)cn1.O=CO[O-].[Cs+].[Cs+].[H-]. The number of hydrogen-bond donors (Lipinski definition) is 1. The van der Waals surface area contributed by atoms with E-state index in [0.717, 1.165) is 64.1 Å². The zero-order chi connectivity index (χ0) is 51.1. The number of nitrogens with zero attached hydrogens (tertiary/aromatic N) is 11. The fraction of sp³-hybridized carbons (Fsp3) is 0.226. The van der Waals surface area contributed by atoms with Crippen LogP contribution in [-0.4, -0.2) is 77.4 Å². The molecule has 2 spiro atoms. The molecular formula is C53H49BrCs2F2N12O5. The number of anilines is 3. The van der Waals surface area contributed by atoms with E-state index in [4.69, 9.17) is 10.1 Å². The minimum absolute atomic E-state index is 0. The van der Waals surface area contributed by atoms with Crippen LogP contribution in [0.4, 0.5) is 26.1 Å². The summed E-state index contributed by atoms with van der Waals surface area (Å²) in [5.74, 6) is -0.00442. The maximum atomic E-state index is 15.2. The summed E-state index contributed by atoms with van der Waals surface area (Å²) in [6, 6.07) is 29.6. The second-order valence-electron chi connectivity index (χ2n) is 17.7. The molecule has 12 rings (SSSR count). The van der Waals surface area contributed by atoms with Crippen LogP contribution in [0.5, 0.6) is 0 Å². The molecule has 2 saturated heterocycles. The molecule has 2 fully saturated rings. The predicted octanol–water partition coefficient (Wildman–Crippen LogP) is 0.857. The third-order valence-corrected chi connectivity index (χ3v) is 13.7. The van der Waals surface area contributed by atoms with Crippen LogP contribution in [0.2, 0.25) is 0 Å². The fourth-order valence-electron chi connectivity index (χ4n) is 9.89. The number of carbonyl (C=O) groups is 3. The number of benzene rings is 4. The van der Waals surface area contributed by atoms with Gasteiger partial charge in [-0.15, -0.1) is 0 Å². The minimum Gasteiger partial charge on any atom is -1.00 e. The summed E-state index contributed by atoms with van der Waals surface area (Å²) >= 11 is 3.09. The molecule has 1 N–H and O–H groups in total. The van der Waals surface area contributed by atoms with Crippen molar-refractivity contribution in [3.8, 4) is 22.3 Å². The van der Waals surface area contributed by atoms with Crippen LogP contribution >= 0.6 is 15.9 Å².